The van der Waals surface area contributed by atoms with Gasteiger partial charge in [-0.05, 0) is 60.9 Å². The average molecular weight is 298 g/mol. The molecule has 0 bridgehead atoms. The molecule has 1 aliphatic heterocycles. The Kier molecular flexibility index (Phi) is 3.09. The fraction of sp³-hybridized carbons (Fsp3) is 0.444. The molecule has 0 saturated heterocycles. The Morgan fingerprint density at radius 2 is 2.00 bits per heavy atom. The molecule has 1 aromatic heterocycles. The Labute approximate surface area is 130 Å². The van der Waals surface area contributed by atoms with Crippen LogP contribution < -0.4 is 5.73 Å². The number of anilines is 1. The van der Waals surface area contributed by atoms with E-state index in [2.05, 4.69) is 35.4 Å². The number of nitrogens with two attached hydrogens (primary N) is 1. The summed E-state index contributed by atoms with van der Waals surface area (Å²) in [6.07, 6.45) is 3.85. The van der Waals surface area contributed by atoms with Gasteiger partial charge in [-0.2, -0.15) is 0 Å². The third kappa shape index (κ3) is 2.29. The van der Waals surface area contributed by atoms with Crippen LogP contribution in [-0.2, 0) is 11.8 Å². The van der Waals surface area contributed by atoms with Crippen LogP contribution in [0.15, 0.2) is 35.7 Å². The lowest BCUT2D eigenvalue weighted by atomic mass is 9.92. The van der Waals surface area contributed by atoms with Crippen molar-refractivity contribution in [1.82, 2.24) is 4.90 Å². The van der Waals surface area contributed by atoms with Crippen LogP contribution >= 0.6 is 11.3 Å². The third-order valence-electron chi connectivity index (χ3n) is 5.29. The molecule has 0 amide bonds. The number of hydrogen-bond donors (Lipinski definition) is 1. The molecular weight excluding hydrogens is 276 g/mol. The van der Waals surface area contributed by atoms with E-state index >= 15 is 0 Å². The van der Waals surface area contributed by atoms with Crippen LogP contribution in [0.3, 0.4) is 0 Å². The number of hydrogen-bond acceptors (Lipinski definition) is 3. The van der Waals surface area contributed by atoms with E-state index in [0.29, 0.717) is 11.5 Å². The predicted molar refractivity (Wildman–Crippen MR) is 89.8 cm³/mol. The van der Waals surface area contributed by atoms with Crippen molar-refractivity contribution < 1.29 is 0 Å². The number of nitrogen functional groups attached to an aromatic ring is 1. The highest BCUT2D eigenvalue weighted by Gasteiger charge is 2.46. The zero-order valence-corrected chi connectivity index (χ0v) is 13.3. The zero-order valence-electron chi connectivity index (χ0n) is 12.5. The topological polar surface area (TPSA) is 29.3 Å². The number of thiophene rings is 1. The highest BCUT2D eigenvalue weighted by atomic mass is 32.1. The first-order valence-corrected chi connectivity index (χ1v) is 8.72. The van der Waals surface area contributed by atoms with E-state index in [9.17, 15) is 0 Å². The zero-order chi connectivity index (χ0) is 14.4. The van der Waals surface area contributed by atoms with Gasteiger partial charge < -0.3 is 5.73 Å². The second-order valence-electron chi connectivity index (χ2n) is 6.60. The van der Waals surface area contributed by atoms with Gasteiger partial charge in [-0.1, -0.05) is 12.1 Å². The molecule has 1 aromatic carbocycles. The molecule has 1 unspecified atom stereocenters. The quantitative estimate of drug-likeness (QED) is 0.868. The lowest BCUT2D eigenvalue weighted by molar-refractivity contribution is 0.181. The summed E-state index contributed by atoms with van der Waals surface area (Å²) >= 11 is 1.92. The molecule has 0 spiro atoms. The molecule has 2 nitrogen and oxygen atoms in total. The maximum Gasteiger partial charge on any atom is 0.0331 e. The molecule has 1 aliphatic carbocycles. The van der Waals surface area contributed by atoms with Crippen molar-refractivity contribution in [3.05, 3.63) is 51.7 Å². The minimum Gasteiger partial charge on any atom is -0.399 e. The standard InChI is InChI=1S/C18H22N2S/c1-13-16-7-11-21-17(16)6-10-20(13)12-18(8-9-18)14-2-4-15(19)5-3-14/h2-5,7,11,13H,6,8-10,12,19H2,1H3. The largest absolute Gasteiger partial charge is 0.399 e. The van der Waals surface area contributed by atoms with Gasteiger partial charge in [-0.25, -0.2) is 0 Å². The summed E-state index contributed by atoms with van der Waals surface area (Å²) in [7, 11) is 0. The lowest BCUT2D eigenvalue weighted by Gasteiger charge is -2.36. The van der Waals surface area contributed by atoms with Crippen molar-refractivity contribution in [1.29, 1.82) is 0 Å². The second-order valence-corrected chi connectivity index (χ2v) is 7.60. The van der Waals surface area contributed by atoms with Gasteiger partial charge in [-0.3, -0.25) is 4.90 Å². The van der Waals surface area contributed by atoms with Crippen molar-refractivity contribution in [3.63, 3.8) is 0 Å². The van der Waals surface area contributed by atoms with Crippen LogP contribution in [0.1, 0.15) is 41.8 Å². The predicted octanol–water partition coefficient (Wildman–Crippen LogP) is 3.98. The van der Waals surface area contributed by atoms with Crippen LogP contribution in [0.5, 0.6) is 0 Å². The summed E-state index contributed by atoms with van der Waals surface area (Å²) in [5.74, 6) is 0. The van der Waals surface area contributed by atoms with Gasteiger partial charge in [0, 0.05) is 35.1 Å². The van der Waals surface area contributed by atoms with Gasteiger partial charge in [0.05, 0.1) is 0 Å². The van der Waals surface area contributed by atoms with E-state index < -0.39 is 0 Å². The number of rotatable bonds is 3. The fourth-order valence-electron chi connectivity index (χ4n) is 3.69. The summed E-state index contributed by atoms with van der Waals surface area (Å²) in [4.78, 5) is 4.27. The highest BCUT2D eigenvalue weighted by molar-refractivity contribution is 7.10. The minimum atomic E-state index is 0.384. The first-order chi connectivity index (χ1) is 10.2. The van der Waals surface area contributed by atoms with Crippen molar-refractivity contribution in [2.75, 3.05) is 18.8 Å². The van der Waals surface area contributed by atoms with E-state index in [-0.39, 0.29) is 0 Å². The summed E-state index contributed by atoms with van der Waals surface area (Å²) < 4.78 is 0. The van der Waals surface area contributed by atoms with Gasteiger partial charge in [-0.15, -0.1) is 11.3 Å². The van der Waals surface area contributed by atoms with Gasteiger partial charge in [0.15, 0.2) is 0 Å². The molecule has 2 aromatic rings. The molecule has 4 rings (SSSR count). The summed E-state index contributed by atoms with van der Waals surface area (Å²) in [6, 6.07) is 11.4. The fourth-order valence-corrected chi connectivity index (χ4v) is 4.65. The number of fused-ring (bicyclic) bond motifs is 1. The van der Waals surface area contributed by atoms with Crippen molar-refractivity contribution in [2.45, 2.75) is 37.6 Å². The molecule has 2 aliphatic rings. The molecule has 2 N–H and O–H groups in total. The Hall–Kier alpha value is -1.32. The maximum absolute atomic E-state index is 5.83. The van der Waals surface area contributed by atoms with Crippen LogP contribution in [0, 0.1) is 0 Å². The third-order valence-corrected chi connectivity index (χ3v) is 6.28. The van der Waals surface area contributed by atoms with Crippen molar-refractivity contribution in [3.8, 4) is 0 Å². The first kappa shape index (κ1) is 13.4. The van der Waals surface area contributed by atoms with Crippen molar-refractivity contribution >= 4 is 17.0 Å². The molecule has 1 fully saturated rings. The monoisotopic (exact) mass is 298 g/mol. The van der Waals surface area contributed by atoms with Crippen LogP contribution in [0.4, 0.5) is 5.69 Å². The molecule has 1 saturated carbocycles. The summed E-state index contributed by atoms with van der Waals surface area (Å²) in [5, 5.41) is 2.25. The molecule has 21 heavy (non-hydrogen) atoms. The molecule has 2 heterocycles. The average Bonchev–Trinajstić information content (AvgIpc) is 3.10. The van der Waals surface area contributed by atoms with Gasteiger partial charge >= 0.3 is 0 Å². The smallest absolute Gasteiger partial charge is 0.0331 e. The lowest BCUT2D eigenvalue weighted by Crippen LogP contribution is -2.38. The van der Waals surface area contributed by atoms with E-state index in [1.807, 2.05) is 23.5 Å². The second kappa shape index (κ2) is 4.85. The van der Waals surface area contributed by atoms with Crippen LogP contribution in [0.25, 0.3) is 0 Å². The van der Waals surface area contributed by atoms with Crippen LogP contribution in [-0.4, -0.2) is 18.0 Å². The summed E-state index contributed by atoms with van der Waals surface area (Å²) in [5.41, 5.74) is 10.1. The Morgan fingerprint density at radius 1 is 1.24 bits per heavy atom. The summed E-state index contributed by atoms with van der Waals surface area (Å²) in [6.45, 7) is 4.75. The molecule has 3 heteroatoms. The number of nitrogens with zero attached hydrogens (tertiary/aromatic N) is 1. The van der Waals surface area contributed by atoms with E-state index in [0.717, 1.165) is 5.69 Å². The van der Waals surface area contributed by atoms with Gasteiger partial charge in [0.2, 0.25) is 0 Å². The SMILES string of the molecule is CC1c2ccsc2CCN1CC1(c2ccc(N)cc2)CC1. The molecule has 110 valence electrons. The number of benzene rings is 1. The minimum absolute atomic E-state index is 0.384. The van der Waals surface area contributed by atoms with Gasteiger partial charge in [0.1, 0.15) is 0 Å². The Balaban J connectivity index is 1.55. The molecular formula is C18H22N2S. The highest BCUT2D eigenvalue weighted by Crippen LogP contribution is 2.50. The van der Waals surface area contributed by atoms with E-state index in [1.165, 1.54) is 37.9 Å². The Bertz CT molecular complexity index is 639. The van der Waals surface area contributed by atoms with Crippen molar-refractivity contribution in [2.24, 2.45) is 0 Å². The first-order valence-electron chi connectivity index (χ1n) is 7.84. The van der Waals surface area contributed by atoms with E-state index in [1.54, 1.807) is 10.4 Å². The van der Waals surface area contributed by atoms with E-state index in [4.69, 9.17) is 5.73 Å². The van der Waals surface area contributed by atoms with Crippen LogP contribution in [0.2, 0.25) is 0 Å². The molecule has 1 atom stereocenters. The van der Waals surface area contributed by atoms with Gasteiger partial charge in [0.25, 0.3) is 0 Å². The molecule has 0 radical (unpaired) electrons. The normalized spacial score (nSPS) is 23.8. The maximum atomic E-state index is 5.83. The Morgan fingerprint density at radius 3 is 2.71 bits per heavy atom.